The normalized spacial score (nSPS) is 17.6. The lowest BCUT2D eigenvalue weighted by Gasteiger charge is -2.38. The first-order valence-electron chi connectivity index (χ1n) is 11.3. The molecule has 1 aliphatic heterocycles. The Morgan fingerprint density at radius 2 is 1.79 bits per heavy atom. The largest absolute Gasteiger partial charge is 0.327 e. The van der Waals surface area contributed by atoms with Crippen LogP contribution in [0.5, 0.6) is 0 Å². The van der Waals surface area contributed by atoms with Gasteiger partial charge in [-0.2, -0.15) is 0 Å². The first-order chi connectivity index (χ1) is 16.5. The number of carbonyl (C=O) groups is 2. The van der Waals surface area contributed by atoms with E-state index in [9.17, 15) is 9.59 Å². The van der Waals surface area contributed by atoms with Crippen molar-refractivity contribution in [2.24, 2.45) is 0 Å². The van der Waals surface area contributed by atoms with Gasteiger partial charge in [-0.05, 0) is 49.1 Å². The summed E-state index contributed by atoms with van der Waals surface area (Å²) < 4.78 is 1.96. The number of benzene rings is 3. The fourth-order valence-electron chi connectivity index (χ4n) is 4.58. The van der Waals surface area contributed by atoms with E-state index < -0.39 is 6.04 Å². The van der Waals surface area contributed by atoms with Gasteiger partial charge in [-0.1, -0.05) is 48.5 Å². The van der Waals surface area contributed by atoms with Crippen LogP contribution in [-0.4, -0.2) is 32.5 Å². The van der Waals surface area contributed by atoms with Crippen molar-refractivity contribution in [2.75, 3.05) is 11.6 Å². The molecule has 3 aromatic carbocycles. The summed E-state index contributed by atoms with van der Waals surface area (Å²) in [5.41, 5.74) is 3.48. The van der Waals surface area contributed by atoms with E-state index in [-0.39, 0.29) is 24.3 Å². The van der Waals surface area contributed by atoms with Crippen molar-refractivity contribution < 1.29 is 9.59 Å². The Hall–Kier alpha value is -3.58. The molecule has 0 saturated carbocycles. The predicted molar refractivity (Wildman–Crippen MR) is 136 cm³/mol. The zero-order chi connectivity index (χ0) is 23.7. The zero-order valence-electron chi connectivity index (χ0n) is 19.1. The first kappa shape index (κ1) is 22.2. The number of nitrogens with zero attached hydrogens (tertiary/aromatic N) is 3. The van der Waals surface area contributed by atoms with Crippen LogP contribution in [0.25, 0.3) is 11.0 Å². The molecule has 5 rings (SSSR count). The van der Waals surface area contributed by atoms with E-state index in [2.05, 4.69) is 5.32 Å². The molecular formula is C27H26N4O2S. The number of rotatable bonds is 6. The number of imidazole rings is 1. The van der Waals surface area contributed by atoms with Crippen LogP contribution in [0, 0.1) is 0 Å². The van der Waals surface area contributed by atoms with Crippen LogP contribution >= 0.6 is 11.8 Å². The number of hydrogen-bond donors (Lipinski definition) is 1. The predicted octanol–water partition coefficient (Wildman–Crippen LogP) is 5.43. The van der Waals surface area contributed by atoms with E-state index in [0.717, 1.165) is 33.0 Å². The van der Waals surface area contributed by atoms with Gasteiger partial charge in [0, 0.05) is 17.1 Å². The second-order valence-corrected chi connectivity index (χ2v) is 9.34. The molecule has 2 atom stereocenters. The van der Waals surface area contributed by atoms with Crippen molar-refractivity contribution in [1.82, 2.24) is 14.5 Å². The van der Waals surface area contributed by atoms with Crippen molar-refractivity contribution in [3.8, 4) is 0 Å². The van der Waals surface area contributed by atoms with Gasteiger partial charge in [-0.25, -0.2) is 4.98 Å². The van der Waals surface area contributed by atoms with E-state index in [1.54, 1.807) is 11.8 Å². The average Bonchev–Trinajstić information content (AvgIpc) is 3.25. The van der Waals surface area contributed by atoms with Gasteiger partial charge in [0.25, 0.3) is 0 Å². The number of thioether (sulfide) groups is 1. The van der Waals surface area contributed by atoms with Crippen molar-refractivity contribution >= 4 is 40.3 Å². The van der Waals surface area contributed by atoms with E-state index in [1.165, 1.54) is 0 Å². The van der Waals surface area contributed by atoms with E-state index >= 15 is 0 Å². The standard InChI is InChI=1S/C27H26N4O2S/c1-18-26-29-22-13-6-7-14-23(22)31(26)24(27(33)30(18)17-19-9-4-3-5-10-19)16-25(32)28-20-11-8-12-21(15-20)34-2/h3-15,18,24H,16-17H2,1-2H3,(H,28,32)/t18-,24-/m0/s1. The van der Waals surface area contributed by atoms with Gasteiger partial charge in [0.1, 0.15) is 11.9 Å². The molecule has 1 aliphatic rings. The molecule has 2 heterocycles. The molecule has 1 aromatic heterocycles. The third kappa shape index (κ3) is 4.19. The van der Waals surface area contributed by atoms with Crippen molar-refractivity contribution in [3.63, 3.8) is 0 Å². The molecule has 0 saturated heterocycles. The van der Waals surface area contributed by atoms with Gasteiger partial charge in [0.05, 0.1) is 23.5 Å². The second-order valence-electron chi connectivity index (χ2n) is 8.46. The highest BCUT2D eigenvalue weighted by atomic mass is 32.2. The van der Waals surface area contributed by atoms with Gasteiger partial charge < -0.3 is 14.8 Å². The summed E-state index contributed by atoms with van der Waals surface area (Å²) in [6.07, 6.45) is 2.03. The summed E-state index contributed by atoms with van der Waals surface area (Å²) >= 11 is 1.62. The molecule has 0 fully saturated rings. The molecule has 0 unspecified atom stereocenters. The fraction of sp³-hybridized carbons (Fsp3) is 0.222. The van der Waals surface area contributed by atoms with Crippen LogP contribution in [0.2, 0.25) is 0 Å². The molecule has 0 bridgehead atoms. The molecule has 6 nitrogen and oxygen atoms in total. The maximum atomic E-state index is 13.8. The Morgan fingerprint density at radius 3 is 2.59 bits per heavy atom. The number of aromatic nitrogens is 2. The number of anilines is 1. The smallest absolute Gasteiger partial charge is 0.247 e. The molecule has 1 N–H and O–H groups in total. The number of amides is 2. The molecule has 0 spiro atoms. The third-order valence-corrected chi connectivity index (χ3v) is 7.00. The quantitative estimate of drug-likeness (QED) is 0.382. The lowest BCUT2D eigenvalue weighted by molar-refractivity contribution is -0.142. The summed E-state index contributed by atoms with van der Waals surface area (Å²) in [4.78, 5) is 34.7. The van der Waals surface area contributed by atoms with Crippen LogP contribution in [-0.2, 0) is 16.1 Å². The summed E-state index contributed by atoms with van der Waals surface area (Å²) in [5.74, 6) is 0.536. The number of nitrogens with one attached hydrogen (secondary N) is 1. The Balaban J connectivity index is 1.49. The molecule has 34 heavy (non-hydrogen) atoms. The number of hydrogen-bond acceptors (Lipinski definition) is 4. The minimum Gasteiger partial charge on any atom is -0.327 e. The van der Waals surface area contributed by atoms with Crippen LogP contribution in [0.3, 0.4) is 0 Å². The van der Waals surface area contributed by atoms with Crippen LogP contribution in [0.15, 0.2) is 83.8 Å². The number of para-hydroxylation sites is 2. The van der Waals surface area contributed by atoms with Crippen LogP contribution < -0.4 is 5.32 Å². The van der Waals surface area contributed by atoms with Crippen molar-refractivity contribution in [2.45, 2.75) is 36.9 Å². The lowest BCUT2D eigenvalue weighted by atomic mass is 10.0. The van der Waals surface area contributed by atoms with Crippen LogP contribution in [0.1, 0.15) is 36.8 Å². The molecular weight excluding hydrogens is 444 g/mol. The third-order valence-electron chi connectivity index (χ3n) is 6.27. The summed E-state index contributed by atoms with van der Waals surface area (Å²) in [6, 6.07) is 24.6. The fourth-order valence-corrected chi connectivity index (χ4v) is 5.04. The molecule has 0 radical (unpaired) electrons. The Kier molecular flexibility index (Phi) is 6.11. The second kappa shape index (κ2) is 9.35. The molecule has 4 aromatic rings. The van der Waals surface area contributed by atoms with Crippen molar-refractivity contribution in [3.05, 3.63) is 90.3 Å². The van der Waals surface area contributed by atoms with Crippen LogP contribution in [0.4, 0.5) is 5.69 Å². The van der Waals surface area contributed by atoms with Gasteiger partial charge in [-0.3, -0.25) is 9.59 Å². The highest BCUT2D eigenvalue weighted by Gasteiger charge is 2.40. The zero-order valence-corrected chi connectivity index (χ0v) is 20.0. The number of fused-ring (bicyclic) bond motifs is 3. The Labute approximate surface area is 203 Å². The van der Waals surface area contributed by atoms with Gasteiger partial charge >= 0.3 is 0 Å². The van der Waals surface area contributed by atoms with E-state index in [4.69, 9.17) is 4.98 Å². The molecule has 2 amide bonds. The number of carbonyl (C=O) groups excluding carboxylic acids is 2. The minimum absolute atomic E-state index is 0.0354. The summed E-state index contributed by atoms with van der Waals surface area (Å²) in [5, 5.41) is 2.97. The molecule has 7 heteroatoms. The monoisotopic (exact) mass is 470 g/mol. The molecule has 0 aliphatic carbocycles. The highest BCUT2D eigenvalue weighted by Crippen LogP contribution is 2.37. The highest BCUT2D eigenvalue weighted by molar-refractivity contribution is 7.98. The average molecular weight is 471 g/mol. The van der Waals surface area contributed by atoms with Gasteiger partial charge in [0.15, 0.2) is 0 Å². The summed E-state index contributed by atoms with van der Waals surface area (Å²) in [7, 11) is 0. The maximum Gasteiger partial charge on any atom is 0.247 e. The Morgan fingerprint density at radius 1 is 1.03 bits per heavy atom. The topological polar surface area (TPSA) is 67.2 Å². The summed E-state index contributed by atoms with van der Waals surface area (Å²) in [6.45, 7) is 2.47. The van der Waals surface area contributed by atoms with Crippen molar-refractivity contribution in [1.29, 1.82) is 0 Å². The Bertz CT molecular complexity index is 1350. The van der Waals surface area contributed by atoms with E-state index in [1.807, 2.05) is 102 Å². The van der Waals surface area contributed by atoms with E-state index in [0.29, 0.717) is 6.54 Å². The SMILES string of the molecule is CSc1cccc(NC(=O)C[C@H]2C(=O)N(Cc3ccccc3)[C@@H](C)c3nc4ccccc4n32)c1. The minimum atomic E-state index is -0.661. The maximum absolute atomic E-state index is 13.8. The van der Waals surface area contributed by atoms with Gasteiger partial charge in [-0.15, -0.1) is 11.8 Å². The molecule has 172 valence electrons. The van der Waals surface area contributed by atoms with Gasteiger partial charge in [0.2, 0.25) is 11.8 Å². The first-order valence-corrected chi connectivity index (χ1v) is 12.5. The lowest BCUT2D eigenvalue weighted by Crippen LogP contribution is -2.45.